The van der Waals surface area contributed by atoms with Gasteiger partial charge in [-0.05, 0) is 56.5 Å². The van der Waals surface area contributed by atoms with Crippen molar-refractivity contribution < 1.29 is 17.9 Å². The van der Waals surface area contributed by atoms with Crippen molar-refractivity contribution in [2.75, 3.05) is 33.3 Å². The third kappa shape index (κ3) is 5.84. The minimum absolute atomic E-state index is 0. The molecule has 9 heteroatoms. The van der Waals surface area contributed by atoms with Gasteiger partial charge in [0.25, 0.3) is 0 Å². The van der Waals surface area contributed by atoms with E-state index in [4.69, 9.17) is 10.5 Å². The summed E-state index contributed by atoms with van der Waals surface area (Å²) in [6.07, 6.45) is 2.84. The molecule has 0 atom stereocenters. The summed E-state index contributed by atoms with van der Waals surface area (Å²) in [5, 5.41) is 2.91. The van der Waals surface area contributed by atoms with Crippen molar-refractivity contribution in [1.29, 1.82) is 0 Å². The summed E-state index contributed by atoms with van der Waals surface area (Å²) >= 11 is 0. The molecule has 0 unspecified atom stereocenters. The Hall–Kier alpha value is -1.35. The maximum Gasteiger partial charge on any atom is 0.243 e. The van der Waals surface area contributed by atoms with Gasteiger partial charge in [-0.25, -0.2) is 8.42 Å². The minimum Gasteiger partial charge on any atom is -0.497 e. The number of hydrogen-bond acceptors (Lipinski definition) is 5. The van der Waals surface area contributed by atoms with Gasteiger partial charge < -0.3 is 15.8 Å². The van der Waals surface area contributed by atoms with Gasteiger partial charge in [0, 0.05) is 25.6 Å². The van der Waals surface area contributed by atoms with Crippen molar-refractivity contribution in [3.63, 3.8) is 0 Å². The quantitative estimate of drug-likeness (QED) is 0.636. The molecule has 0 aliphatic carbocycles. The molecule has 1 saturated heterocycles. The second kappa shape index (κ2) is 10.7. The van der Waals surface area contributed by atoms with E-state index in [1.165, 1.54) is 11.4 Å². The second-order valence-corrected chi connectivity index (χ2v) is 8.08. The summed E-state index contributed by atoms with van der Waals surface area (Å²) in [6.45, 7) is 1.96. The van der Waals surface area contributed by atoms with E-state index in [1.54, 1.807) is 24.3 Å². The monoisotopic (exact) mass is 405 g/mol. The van der Waals surface area contributed by atoms with Crippen LogP contribution >= 0.6 is 12.4 Å². The number of carbonyl (C=O) groups is 1. The standard InChI is InChI=1S/C17H27N3O4S.ClH/c1-24-15-4-6-16(7-5-15)25(22,23)20-12-8-14(9-13-20)17(21)19-11-3-2-10-18;/h4-7,14H,2-3,8-13,18H2,1H3,(H,19,21);1H. The maximum absolute atomic E-state index is 12.7. The highest BCUT2D eigenvalue weighted by Crippen LogP contribution is 2.25. The number of halogens is 1. The SMILES string of the molecule is COc1ccc(S(=O)(=O)N2CCC(C(=O)NCCCCN)CC2)cc1.Cl. The molecule has 1 amide bonds. The number of piperidine rings is 1. The number of rotatable bonds is 8. The van der Waals surface area contributed by atoms with Gasteiger partial charge in [-0.1, -0.05) is 0 Å². The molecule has 26 heavy (non-hydrogen) atoms. The molecule has 0 aromatic heterocycles. The van der Waals surface area contributed by atoms with Gasteiger partial charge in [0.05, 0.1) is 12.0 Å². The first kappa shape index (κ1) is 22.7. The van der Waals surface area contributed by atoms with Gasteiger partial charge in [0.1, 0.15) is 5.75 Å². The smallest absolute Gasteiger partial charge is 0.243 e. The predicted molar refractivity (Wildman–Crippen MR) is 103 cm³/mol. The van der Waals surface area contributed by atoms with E-state index in [-0.39, 0.29) is 29.1 Å². The fraction of sp³-hybridized carbons (Fsp3) is 0.588. The molecule has 148 valence electrons. The van der Waals surface area contributed by atoms with Crippen LogP contribution in [0.1, 0.15) is 25.7 Å². The topological polar surface area (TPSA) is 102 Å². The van der Waals surface area contributed by atoms with Crippen LogP contribution in [-0.2, 0) is 14.8 Å². The third-order valence-corrected chi connectivity index (χ3v) is 6.36. The summed E-state index contributed by atoms with van der Waals surface area (Å²) in [4.78, 5) is 12.4. The molecular formula is C17H28ClN3O4S. The molecule has 1 heterocycles. The van der Waals surface area contributed by atoms with Crippen molar-refractivity contribution >= 4 is 28.3 Å². The molecule has 2 rings (SSSR count). The van der Waals surface area contributed by atoms with Crippen LogP contribution in [0, 0.1) is 5.92 Å². The Bertz CT molecular complexity index is 659. The number of ether oxygens (including phenoxy) is 1. The van der Waals surface area contributed by atoms with E-state index >= 15 is 0 Å². The number of nitrogens with two attached hydrogens (primary N) is 1. The number of sulfonamides is 1. The first-order valence-electron chi connectivity index (χ1n) is 8.61. The van der Waals surface area contributed by atoms with Crippen LogP contribution in [0.25, 0.3) is 0 Å². The molecule has 0 saturated carbocycles. The second-order valence-electron chi connectivity index (χ2n) is 6.14. The highest BCUT2D eigenvalue weighted by molar-refractivity contribution is 7.89. The molecule has 0 radical (unpaired) electrons. The van der Waals surface area contributed by atoms with E-state index in [1.807, 2.05) is 0 Å². The fourth-order valence-electron chi connectivity index (χ4n) is 2.88. The lowest BCUT2D eigenvalue weighted by Crippen LogP contribution is -2.43. The Kier molecular flexibility index (Phi) is 9.35. The molecule has 1 fully saturated rings. The summed E-state index contributed by atoms with van der Waals surface area (Å²) < 4.78 is 31.9. The molecule has 1 aliphatic heterocycles. The number of amides is 1. The van der Waals surface area contributed by atoms with Crippen LogP contribution in [0.5, 0.6) is 5.75 Å². The predicted octanol–water partition coefficient (Wildman–Crippen LogP) is 1.37. The largest absolute Gasteiger partial charge is 0.497 e. The zero-order valence-electron chi connectivity index (χ0n) is 15.0. The van der Waals surface area contributed by atoms with Crippen LogP contribution in [-0.4, -0.2) is 51.9 Å². The zero-order chi connectivity index (χ0) is 18.3. The Labute approximate surface area is 161 Å². The van der Waals surface area contributed by atoms with Gasteiger partial charge in [-0.15, -0.1) is 12.4 Å². The van der Waals surface area contributed by atoms with E-state index in [0.29, 0.717) is 44.8 Å². The molecule has 7 nitrogen and oxygen atoms in total. The minimum atomic E-state index is -3.53. The van der Waals surface area contributed by atoms with Gasteiger partial charge in [-0.3, -0.25) is 4.79 Å². The van der Waals surface area contributed by atoms with Crippen molar-refractivity contribution in [2.45, 2.75) is 30.6 Å². The molecule has 3 N–H and O–H groups in total. The Morgan fingerprint density at radius 3 is 2.38 bits per heavy atom. The van der Waals surface area contributed by atoms with Gasteiger partial charge >= 0.3 is 0 Å². The number of nitrogens with zero attached hydrogens (tertiary/aromatic N) is 1. The van der Waals surface area contributed by atoms with Crippen LogP contribution in [0.3, 0.4) is 0 Å². The van der Waals surface area contributed by atoms with Gasteiger partial charge in [-0.2, -0.15) is 4.31 Å². The number of nitrogens with one attached hydrogen (secondary N) is 1. The van der Waals surface area contributed by atoms with E-state index in [0.717, 1.165) is 12.8 Å². The number of methoxy groups -OCH3 is 1. The molecule has 0 spiro atoms. The maximum atomic E-state index is 12.7. The van der Waals surface area contributed by atoms with Crippen molar-refractivity contribution in [3.8, 4) is 5.75 Å². The lowest BCUT2D eigenvalue weighted by molar-refractivity contribution is -0.126. The van der Waals surface area contributed by atoms with E-state index < -0.39 is 10.0 Å². The summed E-state index contributed by atoms with van der Waals surface area (Å²) in [6, 6.07) is 6.36. The summed E-state index contributed by atoms with van der Waals surface area (Å²) in [5.41, 5.74) is 5.43. The molecular weight excluding hydrogens is 378 g/mol. The first-order chi connectivity index (χ1) is 12.0. The number of hydrogen-bond donors (Lipinski definition) is 2. The van der Waals surface area contributed by atoms with Crippen LogP contribution in [0.4, 0.5) is 0 Å². The van der Waals surface area contributed by atoms with Crippen molar-refractivity contribution in [1.82, 2.24) is 9.62 Å². The third-order valence-electron chi connectivity index (χ3n) is 4.45. The van der Waals surface area contributed by atoms with Crippen LogP contribution in [0.15, 0.2) is 29.2 Å². The fourth-order valence-corrected chi connectivity index (χ4v) is 4.35. The summed E-state index contributed by atoms with van der Waals surface area (Å²) in [5.74, 6) is 0.502. The first-order valence-corrected chi connectivity index (χ1v) is 10.0. The molecule has 1 aliphatic rings. The number of carbonyl (C=O) groups excluding carboxylic acids is 1. The van der Waals surface area contributed by atoms with Crippen molar-refractivity contribution in [3.05, 3.63) is 24.3 Å². The van der Waals surface area contributed by atoms with Crippen LogP contribution in [0.2, 0.25) is 0 Å². The molecule has 1 aromatic rings. The Balaban J connectivity index is 0.00000338. The zero-order valence-corrected chi connectivity index (χ0v) is 16.7. The average molecular weight is 406 g/mol. The van der Waals surface area contributed by atoms with E-state index in [9.17, 15) is 13.2 Å². The average Bonchev–Trinajstić information content (AvgIpc) is 2.65. The number of unbranched alkanes of at least 4 members (excludes halogenated alkanes) is 1. The van der Waals surface area contributed by atoms with E-state index in [2.05, 4.69) is 5.32 Å². The summed E-state index contributed by atoms with van der Waals surface area (Å²) in [7, 11) is -1.99. The molecule has 1 aromatic carbocycles. The Morgan fingerprint density at radius 2 is 1.85 bits per heavy atom. The number of benzene rings is 1. The normalized spacial score (nSPS) is 15.9. The highest BCUT2D eigenvalue weighted by atomic mass is 35.5. The molecule has 0 bridgehead atoms. The van der Waals surface area contributed by atoms with Gasteiger partial charge in [0.15, 0.2) is 0 Å². The van der Waals surface area contributed by atoms with Crippen molar-refractivity contribution in [2.24, 2.45) is 11.7 Å². The lowest BCUT2D eigenvalue weighted by Gasteiger charge is -2.30. The Morgan fingerprint density at radius 1 is 1.23 bits per heavy atom. The van der Waals surface area contributed by atoms with Gasteiger partial charge in [0.2, 0.25) is 15.9 Å². The lowest BCUT2D eigenvalue weighted by atomic mass is 9.97. The van der Waals surface area contributed by atoms with Crippen LogP contribution < -0.4 is 15.8 Å². The highest BCUT2D eigenvalue weighted by Gasteiger charge is 2.31.